The lowest BCUT2D eigenvalue weighted by Gasteiger charge is -2.22. The van der Waals surface area contributed by atoms with E-state index in [0.717, 1.165) is 19.3 Å². The molecule has 1 aliphatic rings. The van der Waals surface area contributed by atoms with E-state index in [9.17, 15) is 4.79 Å². The van der Waals surface area contributed by atoms with Gasteiger partial charge in [-0.05, 0) is 26.7 Å². The third-order valence-corrected chi connectivity index (χ3v) is 2.56. The van der Waals surface area contributed by atoms with Crippen molar-refractivity contribution in [3.8, 4) is 0 Å². The molecule has 0 aromatic carbocycles. The zero-order valence-electron chi connectivity index (χ0n) is 8.63. The van der Waals surface area contributed by atoms with Crippen LogP contribution >= 0.6 is 0 Å². The summed E-state index contributed by atoms with van der Waals surface area (Å²) in [5.74, 6) is -0.151. The number of carbonyl (C=O) groups is 1. The van der Waals surface area contributed by atoms with E-state index < -0.39 is 0 Å². The molecule has 0 aromatic rings. The molecule has 76 valence electrons. The molecule has 13 heavy (non-hydrogen) atoms. The minimum atomic E-state index is -0.383. The van der Waals surface area contributed by atoms with Gasteiger partial charge < -0.3 is 9.47 Å². The minimum absolute atomic E-state index is 0.151. The van der Waals surface area contributed by atoms with E-state index >= 15 is 0 Å². The predicted molar refractivity (Wildman–Crippen MR) is 49.1 cm³/mol. The lowest BCUT2D eigenvalue weighted by atomic mass is 9.91. The van der Waals surface area contributed by atoms with Gasteiger partial charge in [-0.15, -0.1) is 0 Å². The Hall–Kier alpha value is -0.570. The van der Waals surface area contributed by atoms with Crippen LogP contribution in [-0.4, -0.2) is 18.9 Å². The molecule has 3 nitrogen and oxygen atoms in total. The second-order valence-electron chi connectivity index (χ2n) is 4.09. The summed E-state index contributed by atoms with van der Waals surface area (Å²) >= 11 is 0. The topological polar surface area (TPSA) is 35.5 Å². The van der Waals surface area contributed by atoms with Crippen molar-refractivity contribution in [2.24, 2.45) is 5.41 Å². The van der Waals surface area contributed by atoms with Gasteiger partial charge in [0.1, 0.15) is 0 Å². The number of hydrogen-bond acceptors (Lipinski definition) is 3. The van der Waals surface area contributed by atoms with Gasteiger partial charge >= 0.3 is 5.97 Å². The van der Waals surface area contributed by atoms with Crippen LogP contribution in [0.2, 0.25) is 0 Å². The first-order valence-corrected chi connectivity index (χ1v) is 4.89. The van der Waals surface area contributed by atoms with Crippen LogP contribution in [0.3, 0.4) is 0 Å². The van der Waals surface area contributed by atoms with Gasteiger partial charge in [0.2, 0.25) is 6.29 Å². The summed E-state index contributed by atoms with van der Waals surface area (Å²) < 4.78 is 10.4. The van der Waals surface area contributed by atoms with Gasteiger partial charge in [0, 0.05) is 6.42 Å². The maximum Gasteiger partial charge on any atom is 0.313 e. The number of rotatable bonds is 3. The van der Waals surface area contributed by atoms with Crippen LogP contribution in [0.1, 0.15) is 40.0 Å². The van der Waals surface area contributed by atoms with Crippen molar-refractivity contribution in [1.29, 1.82) is 0 Å². The summed E-state index contributed by atoms with van der Waals surface area (Å²) in [6, 6.07) is 0. The molecule has 0 spiro atoms. The average molecular weight is 186 g/mol. The Bertz CT molecular complexity index is 181. The van der Waals surface area contributed by atoms with Crippen LogP contribution in [0.15, 0.2) is 0 Å². The van der Waals surface area contributed by atoms with Crippen LogP contribution < -0.4 is 0 Å². The first-order valence-electron chi connectivity index (χ1n) is 4.89. The van der Waals surface area contributed by atoms with E-state index in [4.69, 9.17) is 9.47 Å². The van der Waals surface area contributed by atoms with Crippen LogP contribution in [0.5, 0.6) is 0 Å². The van der Waals surface area contributed by atoms with Crippen molar-refractivity contribution in [3.63, 3.8) is 0 Å². The monoisotopic (exact) mass is 186 g/mol. The van der Waals surface area contributed by atoms with E-state index in [1.807, 2.05) is 20.8 Å². The molecule has 0 radical (unpaired) electrons. The summed E-state index contributed by atoms with van der Waals surface area (Å²) in [7, 11) is 0. The van der Waals surface area contributed by atoms with Gasteiger partial charge in [0.05, 0.1) is 12.0 Å². The van der Waals surface area contributed by atoms with Gasteiger partial charge in [0.15, 0.2) is 0 Å². The van der Waals surface area contributed by atoms with Crippen molar-refractivity contribution in [1.82, 2.24) is 0 Å². The van der Waals surface area contributed by atoms with Gasteiger partial charge in [-0.2, -0.15) is 0 Å². The molecule has 0 N–H and O–H groups in total. The Balaban J connectivity index is 2.39. The molecule has 1 aliphatic heterocycles. The number of ether oxygens (including phenoxy) is 2. The maximum atomic E-state index is 11.5. The molecular formula is C10H18O3. The zero-order valence-corrected chi connectivity index (χ0v) is 8.63. The van der Waals surface area contributed by atoms with Crippen LogP contribution in [0, 0.1) is 5.41 Å². The van der Waals surface area contributed by atoms with Gasteiger partial charge in [0.25, 0.3) is 0 Å². The summed E-state index contributed by atoms with van der Waals surface area (Å²) in [4.78, 5) is 11.5. The first-order chi connectivity index (χ1) is 6.06. The molecule has 3 heteroatoms. The molecule has 0 bridgehead atoms. The molecular weight excluding hydrogens is 168 g/mol. The second kappa shape index (κ2) is 4.09. The average Bonchev–Trinajstić information content (AvgIpc) is 2.57. The van der Waals surface area contributed by atoms with Crippen LogP contribution in [0.4, 0.5) is 0 Å². The lowest BCUT2D eigenvalue weighted by Crippen LogP contribution is -2.29. The Morgan fingerprint density at radius 2 is 2.31 bits per heavy atom. The minimum Gasteiger partial charge on any atom is -0.435 e. The van der Waals surface area contributed by atoms with Crippen molar-refractivity contribution < 1.29 is 14.3 Å². The lowest BCUT2D eigenvalue weighted by molar-refractivity contribution is -0.180. The Labute approximate surface area is 79.4 Å². The maximum absolute atomic E-state index is 11.5. The molecule has 1 saturated heterocycles. The smallest absolute Gasteiger partial charge is 0.313 e. The van der Waals surface area contributed by atoms with E-state index in [1.54, 1.807) is 0 Å². The molecule has 0 saturated carbocycles. The fourth-order valence-electron chi connectivity index (χ4n) is 1.06. The van der Waals surface area contributed by atoms with Crippen molar-refractivity contribution >= 4 is 5.97 Å². The van der Waals surface area contributed by atoms with E-state index in [2.05, 4.69) is 0 Å². The predicted octanol–water partition coefficient (Wildman–Crippen LogP) is 2.10. The number of carbonyl (C=O) groups excluding carboxylic acids is 1. The van der Waals surface area contributed by atoms with E-state index in [1.165, 1.54) is 0 Å². The summed E-state index contributed by atoms with van der Waals surface area (Å²) in [5.41, 5.74) is -0.383. The molecule has 1 fully saturated rings. The fraction of sp³-hybridized carbons (Fsp3) is 0.900. The molecule has 1 rings (SSSR count). The molecule has 1 atom stereocenters. The molecule has 1 heterocycles. The SMILES string of the molecule is CCC(C)(C)C(=O)OC1CCCO1. The highest BCUT2D eigenvalue weighted by Gasteiger charge is 2.30. The Morgan fingerprint density at radius 1 is 1.62 bits per heavy atom. The third-order valence-electron chi connectivity index (χ3n) is 2.56. The zero-order chi connectivity index (χ0) is 9.90. The number of esters is 1. The fourth-order valence-corrected chi connectivity index (χ4v) is 1.06. The summed E-state index contributed by atoms with van der Waals surface area (Å²) in [6.07, 6.45) is 2.33. The van der Waals surface area contributed by atoms with Crippen molar-refractivity contribution in [3.05, 3.63) is 0 Å². The van der Waals surface area contributed by atoms with Crippen LogP contribution in [0.25, 0.3) is 0 Å². The summed E-state index contributed by atoms with van der Waals surface area (Å²) in [5, 5.41) is 0. The van der Waals surface area contributed by atoms with E-state index in [0.29, 0.717) is 6.61 Å². The molecule has 0 aromatic heterocycles. The van der Waals surface area contributed by atoms with Gasteiger partial charge in [-0.25, -0.2) is 0 Å². The van der Waals surface area contributed by atoms with Crippen molar-refractivity contribution in [2.45, 2.75) is 46.3 Å². The number of hydrogen-bond donors (Lipinski definition) is 0. The quantitative estimate of drug-likeness (QED) is 0.633. The highest BCUT2D eigenvalue weighted by molar-refractivity contribution is 5.75. The first kappa shape index (κ1) is 10.5. The van der Waals surface area contributed by atoms with Crippen molar-refractivity contribution in [2.75, 3.05) is 6.61 Å². The molecule has 0 aliphatic carbocycles. The normalized spacial score (nSPS) is 23.2. The Kier molecular flexibility index (Phi) is 3.31. The van der Waals surface area contributed by atoms with Gasteiger partial charge in [-0.3, -0.25) is 4.79 Å². The second-order valence-corrected chi connectivity index (χ2v) is 4.09. The molecule has 1 unspecified atom stereocenters. The standard InChI is InChI=1S/C10H18O3/c1-4-10(2,3)9(11)13-8-6-5-7-12-8/h8H,4-7H2,1-3H3. The highest BCUT2D eigenvalue weighted by atomic mass is 16.7. The third kappa shape index (κ3) is 2.69. The summed E-state index contributed by atoms with van der Waals surface area (Å²) in [6.45, 7) is 6.48. The van der Waals surface area contributed by atoms with Gasteiger partial charge in [-0.1, -0.05) is 6.92 Å². The van der Waals surface area contributed by atoms with E-state index in [-0.39, 0.29) is 17.7 Å². The molecule has 0 amide bonds. The highest BCUT2D eigenvalue weighted by Crippen LogP contribution is 2.24. The van der Waals surface area contributed by atoms with Crippen LogP contribution in [-0.2, 0) is 14.3 Å². The largest absolute Gasteiger partial charge is 0.435 e. The Morgan fingerprint density at radius 3 is 2.77 bits per heavy atom.